The maximum absolute atomic E-state index is 12.3. The Morgan fingerprint density at radius 2 is 2.00 bits per heavy atom. The summed E-state index contributed by atoms with van der Waals surface area (Å²) in [6.07, 6.45) is 1.86. The van der Waals surface area contributed by atoms with Crippen molar-refractivity contribution in [3.05, 3.63) is 35.9 Å². The molecule has 17 heavy (non-hydrogen) atoms. The van der Waals surface area contributed by atoms with Crippen molar-refractivity contribution in [3.8, 4) is 0 Å². The number of Topliss-reactive ketones (excluding diaryl/α,β-unsaturated/α-hetero) is 1. The van der Waals surface area contributed by atoms with E-state index < -0.39 is 6.04 Å². The van der Waals surface area contributed by atoms with Crippen LogP contribution in [0.3, 0.4) is 0 Å². The molecule has 0 bridgehead atoms. The fourth-order valence-corrected chi connectivity index (χ4v) is 2.05. The first-order chi connectivity index (χ1) is 8.22. The highest BCUT2D eigenvalue weighted by Crippen LogP contribution is 2.12. The van der Waals surface area contributed by atoms with E-state index in [9.17, 15) is 9.59 Å². The quantitative estimate of drug-likeness (QED) is 0.713. The van der Waals surface area contributed by atoms with Crippen molar-refractivity contribution in [1.82, 2.24) is 9.80 Å². The van der Waals surface area contributed by atoms with Crippen molar-refractivity contribution in [2.75, 3.05) is 26.7 Å². The van der Waals surface area contributed by atoms with E-state index in [4.69, 9.17) is 0 Å². The van der Waals surface area contributed by atoms with Gasteiger partial charge in [-0.2, -0.15) is 0 Å². The first-order valence-electron chi connectivity index (χ1n) is 5.64. The highest BCUT2D eigenvalue weighted by molar-refractivity contribution is 6.01. The zero-order valence-corrected chi connectivity index (χ0v) is 9.80. The van der Waals surface area contributed by atoms with Crippen LogP contribution in [-0.2, 0) is 4.79 Å². The molecule has 1 amide bonds. The van der Waals surface area contributed by atoms with E-state index in [1.165, 1.54) is 4.90 Å². The molecule has 0 saturated carbocycles. The summed E-state index contributed by atoms with van der Waals surface area (Å²) in [5, 5.41) is 0. The van der Waals surface area contributed by atoms with Crippen molar-refractivity contribution >= 4 is 12.2 Å². The van der Waals surface area contributed by atoms with Crippen LogP contribution in [0.1, 0.15) is 10.4 Å². The molecule has 1 aliphatic heterocycles. The Kier molecular flexibility index (Phi) is 3.54. The number of benzene rings is 1. The maximum atomic E-state index is 12.3. The molecule has 1 radical (unpaired) electrons. The second-order valence-electron chi connectivity index (χ2n) is 4.29. The highest BCUT2D eigenvalue weighted by atomic mass is 16.1. The van der Waals surface area contributed by atoms with Gasteiger partial charge in [-0.25, -0.2) is 0 Å². The van der Waals surface area contributed by atoms with E-state index >= 15 is 0 Å². The molecule has 1 saturated heterocycles. The zero-order chi connectivity index (χ0) is 12.3. The summed E-state index contributed by atoms with van der Waals surface area (Å²) in [6, 6.07) is 8.67. The van der Waals surface area contributed by atoms with E-state index in [0.29, 0.717) is 18.7 Å². The van der Waals surface area contributed by atoms with Crippen LogP contribution < -0.4 is 0 Å². The van der Waals surface area contributed by atoms with E-state index in [2.05, 4.69) is 4.90 Å². The summed E-state index contributed by atoms with van der Waals surface area (Å²) >= 11 is 0. The summed E-state index contributed by atoms with van der Waals surface area (Å²) in [4.78, 5) is 26.6. The van der Waals surface area contributed by atoms with Gasteiger partial charge in [-0.05, 0) is 7.05 Å². The molecular formula is C13H15N2O2. The number of ketones is 1. The number of carbonyl (C=O) groups excluding carboxylic acids is 2. The number of likely N-dealkylation sites (N-methyl/N-ethyl adjacent to an activating group) is 1. The monoisotopic (exact) mass is 231 g/mol. The van der Waals surface area contributed by atoms with Crippen molar-refractivity contribution in [2.45, 2.75) is 6.04 Å². The van der Waals surface area contributed by atoms with Crippen LogP contribution in [0, 0.1) is 0 Å². The average molecular weight is 231 g/mol. The number of rotatable bonds is 3. The van der Waals surface area contributed by atoms with Gasteiger partial charge in [-0.3, -0.25) is 9.59 Å². The molecule has 1 atom stereocenters. The predicted octanol–water partition coefficient (Wildman–Crippen LogP) is 0.552. The lowest BCUT2D eigenvalue weighted by Crippen LogP contribution is -2.54. The topological polar surface area (TPSA) is 40.6 Å². The Balaban J connectivity index is 2.19. The number of carbonyl (C=O) groups is 1. The van der Waals surface area contributed by atoms with E-state index in [-0.39, 0.29) is 5.78 Å². The van der Waals surface area contributed by atoms with Gasteiger partial charge in [0.2, 0.25) is 0 Å². The highest BCUT2D eigenvalue weighted by Gasteiger charge is 2.31. The Hall–Kier alpha value is -1.68. The van der Waals surface area contributed by atoms with Crippen LogP contribution in [-0.4, -0.2) is 54.7 Å². The molecule has 4 nitrogen and oxygen atoms in total. The number of hydrogen-bond acceptors (Lipinski definition) is 3. The van der Waals surface area contributed by atoms with Crippen LogP contribution in [0.2, 0.25) is 0 Å². The fraction of sp³-hybridized carbons (Fsp3) is 0.385. The third kappa shape index (κ3) is 2.53. The van der Waals surface area contributed by atoms with Gasteiger partial charge < -0.3 is 9.80 Å². The van der Waals surface area contributed by atoms with Gasteiger partial charge in [-0.1, -0.05) is 30.3 Å². The molecule has 0 aliphatic carbocycles. The van der Waals surface area contributed by atoms with Crippen LogP contribution in [0.4, 0.5) is 0 Å². The number of nitrogens with zero attached hydrogens (tertiary/aromatic N) is 2. The third-order valence-electron chi connectivity index (χ3n) is 3.06. The van der Waals surface area contributed by atoms with Crippen LogP contribution in [0.25, 0.3) is 0 Å². The predicted molar refractivity (Wildman–Crippen MR) is 64.5 cm³/mol. The SMILES string of the molecule is CN1CCN([C]=O)C(C(=O)c2ccccc2)C1. The lowest BCUT2D eigenvalue weighted by molar-refractivity contribution is 0.0767. The van der Waals surface area contributed by atoms with E-state index in [1.54, 1.807) is 12.1 Å². The van der Waals surface area contributed by atoms with Crippen LogP contribution in [0.5, 0.6) is 0 Å². The van der Waals surface area contributed by atoms with E-state index in [0.717, 1.165) is 6.54 Å². The number of piperazine rings is 1. The van der Waals surface area contributed by atoms with Gasteiger partial charge in [0.1, 0.15) is 6.04 Å². The summed E-state index contributed by atoms with van der Waals surface area (Å²) in [7, 11) is 1.95. The molecular weight excluding hydrogens is 216 g/mol. The summed E-state index contributed by atoms with van der Waals surface area (Å²) in [6.45, 7) is 1.92. The first-order valence-corrected chi connectivity index (χ1v) is 5.64. The minimum absolute atomic E-state index is 0.0134. The van der Waals surface area contributed by atoms with Gasteiger partial charge in [0, 0.05) is 25.2 Å². The molecule has 1 aromatic carbocycles. The first kappa shape index (κ1) is 11.8. The smallest absolute Gasteiger partial charge is 0.312 e. The lowest BCUT2D eigenvalue weighted by atomic mass is 10.0. The molecule has 1 heterocycles. The van der Waals surface area contributed by atoms with Crippen LogP contribution in [0.15, 0.2) is 30.3 Å². The van der Waals surface area contributed by atoms with Crippen molar-refractivity contribution in [2.24, 2.45) is 0 Å². The molecule has 1 aromatic rings. The zero-order valence-electron chi connectivity index (χ0n) is 9.80. The molecule has 0 N–H and O–H groups in total. The molecule has 89 valence electrons. The molecule has 0 spiro atoms. The summed E-state index contributed by atoms with van der Waals surface area (Å²) in [5.41, 5.74) is 0.646. The van der Waals surface area contributed by atoms with Gasteiger partial charge >= 0.3 is 6.41 Å². The van der Waals surface area contributed by atoms with Gasteiger partial charge in [0.15, 0.2) is 5.78 Å². The Labute approximate surface area is 101 Å². The largest absolute Gasteiger partial charge is 0.321 e. The Bertz CT molecular complexity index is 405. The lowest BCUT2D eigenvalue weighted by Gasteiger charge is -2.36. The molecule has 4 heteroatoms. The average Bonchev–Trinajstić information content (AvgIpc) is 2.39. The second kappa shape index (κ2) is 5.10. The fourth-order valence-electron chi connectivity index (χ4n) is 2.05. The molecule has 1 unspecified atom stereocenters. The van der Waals surface area contributed by atoms with Crippen molar-refractivity contribution in [3.63, 3.8) is 0 Å². The Morgan fingerprint density at radius 3 is 2.65 bits per heavy atom. The summed E-state index contributed by atoms with van der Waals surface area (Å²) < 4.78 is 0. The summed E-state index contributed by atoms with van der Waals surface area (Å²) in [5.74, 6) is -0.0134. The molecule has 2 rings (SSSR count). The normalized spacial score (nSPS) is 21.2. The van der Waals surface area contributed by atoms with Gasteiger partial charge in [0.25, 0.3) is 0 Å². The van der Waals surface area contributed by atoms with E-state index in [1.807, 2.05) is 31.7 Å². The molecule has 1 aliphatic rings. The molecule has 0 aromatic heterocycles. The third-order valence-corrected chi connectivity index (χ3v) is 3.06. The number of hydrogen-bond donors (Lipinski definition) is 0. The second-order valence-corrected chi connectivity index (χ2v) is 4.29. The van der Waals surface area contributed by atoms with Crippen LogP contribution >= 0.6 is 0 Å². The Morgan fingerprint density at radius 1 is 1.29 bits per heavy atom. The minimum Gasteiger partial charge on any atom is -0.321 e. The van der Waals surface area contributed by atoms with Gasteiger partial charge in [-0.15, -0.1) is 0 Å². The standard InChI is InChI=1S/C13H15N2O2/c1-14-7-8-15(10-16)12(9-14)13(17)11-5-3-2-4-6-11/h2-6,12H,7-9H2,1H3. The molecule has 1 fully saturated rings. The van der Waals surface area contributed by atoms with Gasteiger partial charge in [0.05, 0.1) is 0 Å². The maximum Gasteiger partial charge on any atom is 0.312 e. The number of amides is 1. The minimum atomic E-state index is -0.409. The van der Waals surface area contributed by atoms with Crippen molar-refractivity contribution < 1.29 is 9.59 Å². The van der Waals surface area contributed by atoms with Crippen molar-refractivity contribution in [1.29, 1.82) is 0 Å².